The Hall–Kier alpha value is -7.50. The van der Waals surface area contributed by atoms with Gasteiger partial charge in [-0.1, -0.05) is 146 Å². The van der Waals surface area contributed by atoms with Gasteiger partial charge >= 0.3 is 0 Å². The van der Waals surface area contributed by atoms with Crippen molar-refractivity contribution in [3.8, 4) is 22.3 Å². The van der Waals surface area contributed by atoms with Crippen LogP contribution in [0, 0.1) is 0 Å². The third-order valence-corrected chi connectivity index (χ3v) is 14.3. The molecule has 62 heavy (non-hydrogen) atoms. The van der Waals surface area contributed by atoms with E-state index in [1.807, 2.05) is 22.7 Å². The maximum absolute atomic E-state index is 2.48. The molecule has 4 heteroatoms. The minimum absolute atomic E-state index is 1.11. The summed E-state index contributed by atoms with van der Waals surface area (Å²) in [6.07, 6.45) is 0. The van der Waals surface area contributed by atoms with Crippen molar-refractivity contribution < 1.29 is 0 Å². The quantitative estimate of drug-likeness (QED) is 0.151. The number of benzene rings is 10. The fourth-order valence-corrected chi connectivity index (χ4v) is 11.5. The predicted molar refractivity (Wildman–Crippen MR) is 270 cm³/mol. The van der Waals surface area contributed by atoms with Crippen molar-refractivity contribution in [2.75, 3.05) is 9.80 Å². The van der Waals surface area contributed by atoms with Crippen LogP contribution in [0.25, 0.3) is 73.4 Å². The number of nitrogens with zero attached hydrogens (tertiary/aromatic N) is 2. The first kappa shape index (κ1) is 36.4. The third kappa shape index (κ3) is 6.15. The predicted octanol–water partition coefficient (Wildman–Crippen LogP) is 17.8. The topological polar surface area (TPSA) is 6.48 Å². The standard InChI is InChI=1S/C58H38N2S2/c1-5-19-39(20-6-1)47-35-41-38-52(60(44-25-11-4-12-26-44)50-30-18-34-56-58(50)46-28-14-16-32-54(46)62-56)48(40-21-7-2-8-22-40)36-42(41)37-51(47)59(43-23-9-3-10-24-43)49-29-17-33-55-57(49)45-27-13-15-31-53(45)61-55/h1-38H. The fraction of sp³-hybridized carbons (Fsp3) is 0. The van der Waals surface area contributed by atoms with Gasteiger partial charge in [-0.2, -0.15) is 0 Å². The van der Waals surface area contributed by atoms with E-state index >= 15 is 0 Å². The average Bonchev–Trinajstić information content (AvgIpc) is 3.92. The van der Waals surface area contributed by atoms with Gasteiger partial charge in [0, 0.05) is 62.8 Å². The first-order chi connectivity index (χ1) is 30.8. The molecule has 2 heterocycles. The third-order valence-electron chi connectivity index (χ3n) is 12.0. The van der Waals surface area contributed by atoms with Crippen molar-refractivity contribution in [2.24, 2.45) is 0 Å². The van der Waals surface area contributed by atoms with E-state index in [1.54, 1.807) is 0 Å². The first-order valence-electron chi connectivity index (χ1n) is 21.0. The van der Waals surface area contributed by atoms with Gasteiger partial charge in [-0.25, -0.2) is 0 Å². The second kappa shape index (κ2) is 15.2. The van der Waals surface area contributed by atoms with Crippen molar-refractivity contribution in [3.63, 3.8) is 0 Å². The number of hydrogen-bond donors (Lipinski definition) is 0. The molecule has 2 aromatic heterocycles. The molecule has 0 saturated carbocycles. The molecule has 0 fully saturated rings. The highest BCUT2D eigenvalue weighted by atomic mass is 32.1. The summed E-state index contributed by atoms with van der Waals surface area (Å²) in [6, 6.07) is 84.3. The molecule has 292 valence electrons. The van der Waals surface area contributed by atoms with Gasteiger partial charge in [-0.15, -0.1) is 22.7 Å². The van der Waals surface area contributed by atoms with Crippen LogP contribution in [-0.4, -0.2) is 0 Å². The van der Waals surface area contributed by atoms with E-state index in [0.717, 1.165) is 67.2 Å². The summed E-state index contributed by atoms with van der Waals surface area (Å²) in [5.41, 5.74) is 11.4. The normalized spacial score (nSPS) is 11.5. The number of anilines is 6. The van der Waals surface area contributed by atoms with E-state index in [9.17, 15) is 0 Å². The molecular formula is C58H38N2S2. The average molecular weight is 827 g/mol. The lowest BCUT2D eigenvalue weighted by Crippen LogP contribution is -2.13. The molecule has 0 aliphatic heterocycles. The van der Waals surface area contributed by atoms with E-state index in [4.69, 9.17) is 0 Å². The monoisotopic (exact) mass is 826 g/mol. The Morgan fingerprint density at radius 1 is 0.274 bits per heavy atom. The molecule has 0 amide bonds. The Kier molecular flexibility index (Phi) is 8.91. The smallest absolute Gasteiger partial charge is 0.0555 e. The van der Waals surface area contributed by atoms with Crippen LogP contribution >= 0.6 is 22.7 Å². The van der Waals surface area contributed by atoms with Crippen LogP contribution in [0.4, 0.5) is 34.1 Å². The van der Waals surface area contributed by atoms with Crippen molar-refractivity contribution in [3.05, 3.63) is 231 Å². The van der Waals surface area contributed by atoms with Crippen molar-refractivity contribution in [2.45, 2.75) is 0 Å². The lowest BCUT2D eigenvalue weighted by atomic mass is 9.93. The summed E-state index contributed by atoms with van der Waals surface area (Å²) < 4.78 is 5.13. The highest BCUT2D eigenvalue weighted by molar-refractivity contribution is 7.26. The molecule has 12 rings (SSSR count). The van der Waals surface area contributed by atoms with Crippen LogP contribution in [0.3, 0.4) is 0 Å². The zero-order chi connectivity index (χ0) is 41.0. The van der Waals surface area contributed by atoms with Crippen LogP contribution in [0.5, 0.6) is 0 Å². The molecule has 0 bridgehead atoms. The lowest BCUT2D eigenvalue weighted by molar-refractivity contribution is 1.30. The summed E-state index contributed by atoms with van der Waals surface area (Å²) >= 11 is 3.72. The molecule has 0 atom stereocenters. The maximum Gasteiger partial charge on any atom is 0.0555 e. The van der Waals surface area contributed by atoms with Crippen LogP contribution in [0.2, 0.25) is 0 Å². The molecule has 12 aromatic rings. The van der Waals surface area contributed by atoms with Gasteiger partial charge in [0.15, 0.2) is 0 Å². The molecule has 2 nitrogen and oxygen atoms in total. The summed E-state index contributed by atoms with van der Waals surface area (Å²) in [5, 5.41) is 7.42. The fourth-order valence-electron chi connectivity index (χ4n) is 9.25. The number of para-hydroxylation sites is 2. The minimum atomic E-state index is 1.11. The Balaban J connectivity index is 1.18. The number of fused-ring (bicyclic) bond motifs is 7. The molecule has 0 aliphatic carbocycles. The summed E-state index contributed by atoms with van der Waals surface area (Å²) in [4.78, 5) is 4.97. The van der Waals surface area contributed by atoms with E-state index in [0.29, 0.717) is 0 Å². The van der Waals surface area contributed by atoms with E-state index in [2.05, 4.69) is 240 Å². The molecule has 0 radical (unpaired) electrons. The zero-order valence-corrected chi connectivity index (χ0v) is 35.3. The molecule has 0 spiro atoms. The van der Waals surface area contributed by atoms with Crippen LogP contribution in [-0.2, 0) is 0 Å². The van der Waals surface area contributed by atoms with Gasteiger partial charge < -0.3 is 9.80 Å². The largest absolute Gasteiger partial charge is 0.309 e. The molecule has 0 aliphatic rings. The molecule has 10 aromatic carbocycles. The summed E-state index contributed by atoms with van der Waals surface area (Å²) in [7, 11) is 0. The molecule has 0 unspecified atom stereocenters. The second-order valence-electron chi connectivity index (χ2n) is 15.7. The SMILES string of the molecule is c1ccc(-c2cc3cc(N(c4ccccc4)c4cccc5sc6ccccc6c45)c(-c4ccccc4)cc3cc2N(c2ccccc2)c2cccc3sc4ccccc4c23)cc1. The number of rotatable bonds is 8. The summed E-state index contributed by atoms with van der Waals surface area (Å²) in [6.45, 7) is 0. The highest BCUT2D eigenvalue weighted by Crippen LogP contribution is 2.51. The molecule has 0 saturated heterocycles. The Bertz CT molecular complexity index is 3340. The zero-order valence-electron chi connectivity index (χ0n) is 33.7. The van der Waals surface area contributed by atoms with Gasteiger partial charge in [-0.3, -0.25) is 0 Å². The van der Waals surface area contributed by atoms with Crippen LogP contribution in [0.1, 0.15) is 0 Å². The Morgan fingerprint density at radius 3 is 1.05 bits per heavy atom. The van der Waals surface area contributed by atoms with E-state index in [1.165, 1.54) is 40.3 Å². The number of thiophene rings is 2. The van der Waals surface area contributed by atoms with Gasteiger partial charge in [0.05, 0.1) is 22.7 Å². The first-order valence-corrected chi connectivity index (χ1v) is 22.6. The van der Waals surface area contributed by atoms with Gasteiger partial charge in [-0.05, 0) is 107 Å². The van der Waals surface area contributed by atoms with E-state index in [-0.39, 0.29) is 0 Å². The van der Waals surface area contributed by atoms with E-state index < -0.39 is 0 Å². The molecule has 0 N–H and O–H groups in total. The Labute approximate surface area is 368 Å². The number of hydrogen-bond acceptors (Lipinski definition) is 4. The highest BCUT2D eigenvalue weighted by Gasteiger charge is 2.25. The van der Waals surface area contributed by atoms with Crippen LogP contribution in [0.15, 0.2) is 231 Å². The maximum atomic E-state index is 2.48. The van der Waals surface area contributed by atoms with Crippen LogP contribution < -0.4 is 9.80 Å². The van der Waals surface area contributed by atoms with Gasteiger partial charge in [0.1, 0.15) is 0 Å². The van der Waals surface area contributed by atoms with Crippen molar-refractivity contribution >= 4 is 108 Å². The second-order valence-corrected chi connectivity index (χ2v) is 17.8. The van der Waals surface area contributed by atoms with Crippen molar-refractivity contribution in [1.29, 1.82) is 0 Å². The van der Waals surface area contributed by atoms with Gasteiger partial charge in [0.25, 0.3) is 0 Å². The Morgan fingerprint density at radius 2 is 0.629 bits per heavy atom. The summed E-state index contributed by atoms with van der Waals surface area (Å²) in [5.74, 6) is 0. The van der Waals surface area contributed by atoms with Gasteiger partial charge in [0.2, 0.25) is 0 Å². The minimum Gasteiger partial charge on any atom is -0.309 e. The molecular weight excluding hydrogens is 789 g/mol. The van der Waals surface area contributed by atoms with Crippen molar-refractivity contribution in [1.82, 2.24) is 0 Å². The lowest BCUT2D eigenvalue weighted by Gasteiger charge is -2.31.